The molecule has 6 nitrogen and oxygen atoms in total. The minimum atomic E-state index is -3.75. The summed E-state index contributed by atoms with van der Waals surface area (Å²) in [6, 6.07) is 2.84. The first-order chi connectivity index (χ1) is 8.94. The van der Waals surface area contributed by atoms with Crippen molar-refractivity contribution in [2.75, 3.05) is 0 Å². The van der Waals surface area contributed by atoms with Gasteiger partial charge in [0.1, 0.15) is 4.21 Å². The maximum Gasteiger partial charge on any atom is 0.336 e. The summed E-state index contributed by atoms with van der Waals surface area (Å²) in [5, 5.41) is 19.0. The molecule has 8 heteroatoms. The zero-order valence-electron chi connectivity index (χ0n) is 9.87. The Balaban J connectivity index is 2.18. The van der Waals surface area contributed by atoms with Crippen LogP contribution in [-0.2, 0) is 10.0 Å². The highest BCUT2D eigenvalue weighted by atomic mass is 32.2. The van der Waals surface area contributed by atoms with Crippen LogP contribution in [0.15, 0.2) is 15.7 Å². The molecule has 1 aromatic rings. The fourth-order valence-electron chi connectivity index (χ4n) is 2.08. The van der Waals surface area contributed by atoms with Crippen LogP contribution in [0, 0.1) is 17.2 Å². The van der Waals surface area contributed by atoms with E-state index in [-0.39, 0.29) is 21.7 Å². The lowest BCUT2D eigenvalue weighted by Gasteiger charge is -2.14. The van der Waals surface area contributed by atoms with Gasteiger partial charge in [-0.2, -0.15) is 5.26 Å². The lowest BCUT2D eigenvalue weighted by Crippen LogP contribution is -2.36. The van der Waals surface area contributed by atoms with Gasteiger partial charge in [0.2, 0.25) is 10.0 Å². The van der Waals surface area contributed by atoms with Gasteiger partial charge in [-0.1, -0.05) is 6.42 Å². The number of carboxylic acid groups (broad SMARTS) is 1. The van der Waals surface area contributed by atoms with Crippen LogP contribution in [0.2, 0.25) is 0 Å². The van der Waals surface area contributed by atoms with E-state index < -0.39 is 16.0 Å². The van der Waals surface area contributed by atoms with Crippen molar-refractivity contribution in [2.24, 2.45) is 5.92 Å². The average molecular weight is 300 g/mol. The van der Waals surface area contributed by atoms with E-state index in [2.05, 4.69) is 10.8 Å². The second-order valence-electron chi connectivity index (χ2n) is 4.35. The minimum Gasteiger partial charge on any atom is -0.478 e. The number of carbonyl (C=O) groups is 1. The van der Waals surface area contributed by atoms with Gasteiger partial charge in [-0.15, -0.1) is 11.3 Å². The monoisotopic (exact) mass is 300 g/mol. The van der Waals surface area contributed by atoms with Gasteiger partial charge in [0.05, 0.1) is 17.6 Å². The van der Waals surface area contributed by atoms with Crippen LogP contribution in [0.25, 0.3) is 0 Å². The maximum absolute atomic E-state index is 12.1. The maximum atomic E-state index is 12.1. The fourth-order valence-corrected chi connectivity index (χ4v) is 4.56. The van der Waals surface area contributed by atoms with Crippen molar-refractivity contribution in [1.29, 1.82) is 5.26 Å². The third kappa shape index (κ3) is 2.94. The van der Waals surface area contributed by atoms with Gasteiger partial charge in [-0.3, -0.25) is 0 Å². The van der Waals surface area contributed by atoms with Gasteiger partial charge in [-0.05, 0) is 18.9 Å². The Morgan fingerprint density at radius 2 is 2.26 bits per heavy atom. The number of rotatable bonds is 4. The standard InChI is InChI=1S/C11H12N2O4S2/c12-5-7-2-1-3-9(7)13-19(16,17)10-4-8(6-18-10)11(14)15/h4,6-7,9,13H,1-3H2,(H,14,15). The average Bonchev–Trinajstić information content (AvgIpc) is 2.95. The smallest absolute Gasteiger partial charge is 0.336 e. The largest absolute Gasteiger partial charge is 0.478 e. The first-order valence-electron chi connectivity index (χ1n) is 5.68. The van der Waals surface area contributed by atoms with E-state index in [1.54, 1.807) is 0 Å². The summed E-state index contributed by atoms with van der Waals surface area (Å²) in [5.41, 5.74) is -0.0476. The number of nitriles is 1. The highest BCUT2D eigenvalue weighted by molar-refractivity contribution is 7.91. The Kier molecular flexibility index (Phi) is 3.89. The lowest BCUT2D eigenvalue weighted by atomic mass is 10.1. The number of sulfonamides is 1. The van der Waals surface area contributed by atoms with Gasteiger partial charge >= 0.3 is 5.97 Å². The molecule has 1 aliphatic carbocycles. The summed E-state index contributed by atoms with van der Waals surface area (Å²) in [4.78, 5) is 10.7. The zero-order valence-corrected chi connectivity index (χ0v) is 11.5. The van der Waals surface area contributed by atoms with Crippen LogP contribution < -0.4 is 4.72 Å². The number of carboxylic acids is 1. The van der Waals surface area contributed by atoms with Crippen molar-refractivity contribution >= 4 is 27.3 Å². The molecule has 1 heterocycles. The molecular formula is C11H12N2O4S2. The van der Waals surface area contributed by atoms with Crippen LogP contribution in [0.3, 0.4) is 0 Å². The van der Waals surface area contributed by atoms with Crippen molar-refractivity contribution in [2.45, 2.75) is 29.5 Å². The molecule has 1 aliphatic rings. The molecular weight excluding hydrogens is 288 g/mol. The molecule has 0 amide bonds. The van der Waals surface area contributed by atoms with E-state index in [9.17, 15) is 13.2 Å². The molecule has 1 aromatic heterocycles. The molecule has 1 saturated carbocycles. The molecule has 102 valence electrons. The van der Waals surface area contributed by atoms with Gasteiger partial charge < -0.3 is 5.11 Å². The molecule has 0 aromatic carbocycles. The second kappa shape index (κ2) is 5.28. The van der Waals surface area contributed by atoms with Gasteiger partial charge in [-0.25, -0.2) is 17.9 Å². The van der Waals surface area contributed by atoms with E-state index in [1.807, 2.05) is 0 Å². The first kappa shape index (κ1) is 14.0. The Bertz CT molecular complexity index is 629. The molecule has 0 spiro atoms. The zero-order chi connectivity index (χ0) is 14.0. The Morgan fingerprint density at radius 1 is 1.53 bits per heavy atom. The molecule has 0 bridgehead atoms. The van der Waals surface area contributed by atoms with Crippen molar-refractivity contribution in [3.05, 3.63) is 17.0 Å². The summed E-state index contributed by atoms with van der Waals surface area (Å²) in [5.74, 6) is -1.47. The summed E-state index contributed by atoms with van der Waals surface area (Å²) < 4.78 is 26.6. The van der Waals surface area contributed by atoms with Crippen molar-refractivity contribution < 1.29 is 18.3 Å². The van der Waals surface area contributed by atoms with Crippen LogP contribution >= 0.6 is 11.3 Å². The quantitative estimate of drug-likeness (QED) is 0.874. The normalized spacial score (nSPS) is 23.1. The summed E-state index contributed by atoms with van der Waals surface area (Å²) in [7, 11) is -3.75. The van der Waals surface area contributed by atoms with E-state index in [4.69, 9.17) is 10.4 Å². The predicted molar refractivity (Wildman–Crippen MR) is 68.3 cm³/mol. The number of hydrogen-bond donors (Lipinski definition) is 2. The summed E-state index contributed by atoms with van der Waals surface area (Å²) in [6.45, 7) is 0. The minimum absolute atomic E-state index is 0.0338. The predicted octanol–water partition coefficient (Wildman–Crippen LogP) is 1.42. The van der Waals surface area contributed by atoms with Crippen molar-refractivity contribution in [3.8, 4) is 6.07 Å². The summed E-state index contributed by atoms with van der Waals surface area (Å²) >= 11 is 0.863. The number of nitrogens with zero attached hydrogens (tertiary/aromatic N) is 1. The van der Waals surface area contributed by atoms with E-state index >= 15 is 0 Å². The SMILES string of the molecule is N#CC1CCCC1NS(=O)(=O)c1cc(C(=O)O)cs1. The Hall–Kier alpha value is -1.43. The van der Waals surface area contributed by atoms with Gasteiger partial charge in [0.25, 0.3) is 0 Å². The van der Waals surface area contributed by atoms with Crippen LogP contribution in [-0.4, -0.2) is 25.5 Å². The molecule has 2 atom stereocenters. The molecule has 0 radical (unpaired) electrons. The van der Waals surface area contributed by atoms with Crippen LogP contribution in [0.5, 0.6) is 0 Å². The molecule has 0 aliphatic heterocycles. The molecule has 0 saturated heterocycles. The van der Waals surface area contributed by atoms with Crippen LogP contribution in [0.1, 0.15) is 29.6 Å². The highest BCUT2D eigenvalue weighted by Crippen LogP contribution is 2.27. The van der Waals surface area contributed by atoms with Gasteiger partial charge in [0, 0.05) is 11.4 Å². The Morgan fingerprint density at radius 3 is 2.84 bits per heavy atom. The number of thiophene rings is 1. The van der Waals surface area contributed by atoms with E-state index in [0.717, 1.165) is 23.8 Å². The molecule has 2 N–H and O–H groups in total. The van der Waals surface area contributed by atoms with E-state index in [1.165, 1.54) is 5.38 Å². The van der Waals surface area contributed by atoms with E-state index in [0.29, 0.717) is 12.8 Å². The highest BCUT2D eigenvalue weighted by Gasteiger charge is 2.32. The third-order valence-electron chi connectivity index (χ3n) is 3.08. The first-order valence-corrected chi connectivity index (χ1v) is 8.04. The fraction of sp³-hybridized carbons (Fsp3) is 0.455. The number of nitrogens with one attached hydrogen (secondary N) is 1. The Labute approximate surface area is 114 Å². The van der Waals surface area contributed by atoms with Crippen LogP contribution in [0.4, 0.5) is 0 Å². The molecule has 19 heavy (non-hydrogen) atoms. The molecule has 1 fully saturated rings. The van der Waals surface area contributed by atoms with Crippen molar-refractivity contribution in [1.82, 2.24) is 4.72 Å². The van der Waals surface area contributed by atoms with Gasteiger partial charge in [0.15, 0.2) is 0 Å². The number of aromatic carboxylic acids is 1. The molecule has 2 unspecified atom stereocenters. The second-order valence-corrected chi connectivity index (χ2v) is 7.21. The lowest BCUT2D eigenvalue weighted by molar-refractivity contribution is 0.0697. The van der Waals surface area contributed by atoms with Crippen molar-refractivity contribution in [3.63, 3.8) is 0 Å². The number of hydrogen-bond acceptors (Lipinski definition) is 5. The summed E-state index contributed by atoms with van der Waals surface area (Å²) in [6.07, 6.45) is 2.14. The topological polar surface area (TPSA) is 107 Å². The third-order valence-corrected chi connectivity index (χ3v) is 6.01. The molecule has 2 rings (SSSR count).